The van der Waals surface area contributed by atoms with Crippen molar-refractivity contribution < 1.29 is 4.79 Å². The minimum atomic E-state index is 0.171. The Morgan fingerprint density at radius 2 is 1.94 bits per heavy atom. The zero-order valence-corrected chi connectivity index (χ0v) is 11.4. The van der Waals surface area contributed by atoms with Gasteiger partial charge in [0.2, 0.25) is 0 Å². The maximum absolute atomic E-state index is 12.2. The van der Waals surface area contributed by atoms with Crippen LogP contribution < -0.4 is 5.32 Å². The van der Waals surface area contributed by atoms with Gasteiger partial charge >= 0.3 is 6.03 Å². The predicted molar refractivity (Wildman–Crippen MR) is 71.5 cm³/mol. The standard InChI is InChI=1S/C14H25N3O/c1-11-3-2-7-17(9-11)14(18)15-12-6-8-16(10-12)13-4-5-13/h11-13H,2-10H2,1H3,(H,15,18). The molecule has 3 rings (SSSR count). The van der Waals surface area contributed by atoms with Crippen LogP contribution in [0.2, 0.25) is 0 Å². The fraction of sp³-hybridized carbons (Fsp3) is 0.929. The van der Waals surface area contributed by atoms with Gasteiger partial charge in [0, 0.05) is 38.3 Å². The highest BCUT2D eigenvalue weighted by atomic mass is 16.2. The van der Waals surface area contributed by atoms with Crippen LogP contribution in [0.15, 0.2) is 0 Å². The van der Waals surface area contributed by atoms with Gasteiger partial charge < -0.3 is 10.2 Å². The van der Waals surface area contributed by atoms with Gasteiger partial charge in [0.15, 0.2) is 0 Å². The van der Waals surface area contributed by atoms with Gasteiger partial charge in [-0.25, -0.2) is 4.79 Å². The van der Waals surface area contributed by atoms with Crippen LogP contribution in [0.5, 0.6) is 0 Å². The van der Waals surface area contributed by atoms with Gasteiger partial charge in [-0.1, -0.05) is 6.92 Å². The lowest BCUT2D eigenvalue weighted by Crippen LogP contribution is -2.49. The number of amides is 2. The molecule has 0 aromatic heterocycles. The smallest absolute Gasteiger partial charge is 0.317 e. The van der Waals surface area contributed by atoms with Crippen LogP contribution in [-0.4, -0.2) is 54.1 Å². The maximum Gasteiger partial charge on any atom is 0.317 e. The normalized spacial score (nSPS) is 33.7. The van der Waals surface area contributed by atoms with Crippen molar-refractivity contribution in [2.24, 2.45) is 5.92 Å². The molecule has 0 aromatic carbocycles. The number of piperidine rings is 1. The number of nitrogens with zero attached hydrogens (tertiary/aromatic N) is 2. The quantitative estimate of drug-likeness (QED) is 0.810. The van der Waals surface area contributed by atoms with E-state index in [1.54, 1.807) is 0 Å². The van der Waals surface area contributed by atoms with Crippen molar-refractivity contribution in [2.75, 3.05) is 26.2 Å². The number of likely N-dealkylation sites (tertiary alicyclic amines) is 2. The van der Waals surface area contributed by atoms with E-state index in [2.05, 4.69) is 17.1 Å². The predicted octanol–water partition coefficient (Wildman–Crippen LogP) is 1.66. The van der Waals surface area contributed by atoms with Gasteiger partial charge in [-0.3, -0.25) is 4.90 Å². The average molecular weight is 251 g/mol. The van der Waals surface area contributed by atoms with Crippen molar-refractivity contribution in [3.05, 3.63) is 0 Å². The molecule has 3 fully saturated rings. The van der Waals surface area contributed by atoms with Crippen molar-refractivity contribution in [1.82, 2.24) is 15.1 Å². The Labute approximate surface area is 110 Å². The highest BCUT2D eigenvalue weighted by Crippen LogP contribution is 2.29. The summed E-state index contributed by atoms with van der Waals surface area (Å²) in [7, 11) is 0. The molecule has 2 saturated heterocycles. The van der Waals surface area contributed by atoms with Crippen LogP contribution in [0.3, 0.4) is 0 Å². The summed E-state index contributed by atoms with van der Waals surface area (Å²) in [5.41, 5.74) is 0. The first-order valence-corrected chi connectivity index (χ1v) is 7.52. The van der Waals surface area contributed by atoms with Crippen molar-refractivity contribution in [1.29, 1.82) is 0 Å². The lowest BCUT2D eigenvalue weighted by molar-refractivity contribution is 0.166. The summed E-state index contributed by atoms with van der Waals surface area (Å²) < 4.78 is 0. The van der Waals surface area contributed by atoms with Crippen LogP contribution in [0.25, 0.3) is 0 Å². The van der Waals surface area contributed by atoms with Crippen molar-refractivity contribution in [3.63, 3.8) is 0 Å². The second-order valence-electron chi connectivity index (χ2n) is 6.35. The number of rotatable bonds is 2. The molecule has 18 heavy (non-hydrogen) atoms. The van der Waals surface area contributed by atoms with Gasteiger partial charge in [0.25, 0.3) is 0 Å². The van der Waals surface area contributed by atoms with Crippen LogP contribution in [0, 0.1) is 5.92 Å². The first-order valence-electron chi connectivity index (χ1n) is 7.52. The molecule has 2 unspecified atom stereocenters. The Kier molecular flexibility index (Phi) is 3.46. The van der Waals surface area contributed by atoms with Crippen molar-refractivity contribution >= 4 is 6.03 Å². The maximum atomic E-state index is 12.2. The summed E-state index contributed by atoms with van der Waals surface area (Å²) in [5.74, 6) is 0.663. The van der Waals surface area contributed by atoms with E-state index in [9.17, 15) is 4.79 Å². The van der Waals surface area contributed by atoms with Crippen molar-refractivity contribution in [2.45, 2.75) is 51.1 Å². The summed E-state index contributed by atoms with van der Waals surface area (Å²) >= 11 is 0. The molecule has 2 aliphatic heterocycles. The molecule has 102 valence electrons. The van der Waals surface area contributed by atoms with Gasteiger partial charge in [0.1, 0.15) is 0 Å². The molecular formula is C14H25N3O. The number of carbonyl (C=O) groups excluding carboxylic acids is 1. The Morgan fingerprint density at radius 1 is 1.11 bits per heavy atom. The highest BCUT2D eigenvalue weighted by Gasteiger charge is 2.35. The van der Waals surface area contributed by atoms with Gasteiger partial charge in [-0.15, -0.1) is 0 Å². The number of nitrogens with one attached hydrogen (secondary N) is 1. The number of hydrogen-bond donors (Lipinski definition) is 1. The first kappa shape index (κ1) is 12.3. The van der Waals surface area contributed by atoms with E-state index in [0.29, 0.717) is 12.0 Å². The number of hydrogen-bond acceptors (Lipinski definition) is 2. The third kappa shape index (κ3) is 2.79. The molecule has 2 amide bonds. The minimum Gasteiger partial charge on any atom is -0.334 e. The van der Waals surface area contributed by atoms with E-state index < -0.39 is 0 Å². The Balaban J connectivity index is 1.45. The van der Waals surface area contributed by atoms with E-state index in [1.165, 1.54) is 25.8 Å². The monoisotopic (exact) mass is 251 g/mol. The van der Waals surface area contributed by atoms with E-state index in [0.717, 1.165) is 38.5 Å². The van der Waals surface area contributed by atoms with Crippen LogP contribution in [0.4, 0.5) is 4.79 Å². The molecule has 4 heteroatoms. The van der Waals surface area contributed by atoms with E-state index in [4.69, 9.17) is 0 Å². The summed E-state index contributed by atoms with van der Waals surface area (Å²) in [6, 6.07) is 1.39. The third-order valence-electron chi connectivity index (χ3n) is 4.55. The highest BCUT2D eigenvalue weighted by molar-refractivity contribution is 5.74. The van der Waals surface area contributed by atoms with Crippen molar-refractivity contribution in [3.8, 4) is 0 Å². The van der Waals surface area contributed by atoms with Gasteiger partial charge in [0.05, 0.1) is 0 Å². The fourth-order valence-electron chi connectivity index (χ4n) is 3.32. The largest absolute Gasteiger partial charge is 0.334 e. The molecule has 2 atom stereocenters. The van der Waals surface area contributed by atoms with E-state index >= 15 is 0 Å². The molecule has 1 N–H and O–H groups in total. The second-order valence-corrected chi connectivity index (χ2v) is 6.35. The topological polar surface area (TPSA) is 35.6 Å². The molecular weight excluding hydrogens is 226 g/mol. The molecule has 2 heterocycles. The number of carbonyl (C=O) groups is 1. The van der Waals surface area contributed by atoms with Crippen LogP contribution in [0.1, 0.15) is 39.0 Å². The van der Waals surface area contributed by atoms with E-state index in [-0.39, 0.29) is 6.03 Å². The summed E-state index contributed by atoms with van der Waals surface area (Å²) in [6.45, 7) is 6.36. The Hall–Kier alpha value is -0.770. The fourth-order valence-corrected chi connectivity index (χ4v) is 3.32. The lowest BCUT2D eigenvalue weighted by Gasteiger charge is -2.32. The molecule has 3 aliphatic rings. The summed E-state index contributed by atoms with van der Waals surface area (Å²) in [4.78, 5) is 16.7. The zero-order valence-electron chi connectivity index (χ0n) is 11.4. The minimum absolute atomic E-state index is 0.171. The molecule has 1 aliphatic carbocycles. The summed E-state index contributed by atoms with van der Waals surface area (Å²) in [5, 5.41) is 3.23. The molecule has 0 aromatic rings. The van der Waals surface area contributed by atoms with Gasteiger partial charge in [-0.2, -0.15) is 0 Å². The van der Waals surface area contributed by atoms with E-state index in [1.807, 2.05) is 4.90 Å². The van der Waals surface area contributed by atoms with Crippen LogP contribution >= 0.6 is 0 Å². The number of urea groups is 1. The average Bonchev–Trinajstić information content (AvgIpc) is 3.11. The van der Waals surface area contributed by atoms with Gasteiger partial charge in [-0.05, 0) is 38.0 Å². The Morgan fingerprint density at radius 3 is 2.67 bits per heavy atom. The second kappa shape index (κ2) is 5.08. The third-order valence-corrected chi connectivity index (χ3v) is 4.55. The molecule has 0 radical (unpaired) electrons. The van der Waals surface area contributed by atoms with Crippen LogP contribution in [-0.2, 0) is 0 Å². The summed E-state index contributed by atoms with van der Waals surface area (Å²) in [6.07, 6.45) is 6.29. The molecule has 4 nitrogen and oxygen atoms in total. The lowest BCUT2D eigenvalue weighted by atomic mass is 10.0. The molecule has 0 spiro atoms. The SMILES string of the molecule is CC1CCCN(C(=O)NC2CCN(C3CC3)C2)C1. The Bertz CT molecular complexity index is 316. The first-order chi connectivity index (χ1) is 8.72. The molecule has 0 bridgehead atoms. The molecule has 1 saturated carbocycles. The zero-order chi connectivity index (χ0) is 12.5.